The van der Waals surface area contributed by atoms with Crippen molar-refractivity contribution < 1.29 is 19.4 Å². The van der Waals surface area contributed by atoms with E-state index in [-0.39, 0.29) is 11.5 Å². The summed E-state index contributed by atoms with van der Waals surface area (Å²) in [7, 11) is 3.13. The highest BCUT2D eigenvalue weighted by atomic mass is 16.5. The number of aryl methyl sites for hydroxylation is 1. The largest absolute Gasteiger partial charge is 0.507 e. The van der Waals surface area contributed by atoms with Crippen molar-refractivity contribution in [1.82, 2.24) is 0 Å². The molecule has 4 nitrogen and oxygen atoms in total. The first-order chi connectivity index (χ1) is 14.6. The molecule has 0 spiro atoms. The van der Waals surface area contributed by atoms with Crippen LogP contribution in [-0.2, 0) is 0 Å². The van der Waals surface area contributed by atoms with Gasteiger partial charge < -0.3 is 14.6 Å². The number of aliphatic hydroxyl groups is 1. The van der Waals surface area contributed by atoms with Gasteiger partial charge in [0.25, 0.3) is 0 Å². The molecule has 0 aliphatic heterocycles. The fraction of sp³-hybridized carbons (Fsp3) is 0.115. The minimum atomic E-state index is -0.162. The van der Waals surface area contributed by atoms with Crippen molar-refractivity contribution in [2.24, 2.45) is 0 Å². The predicted molar refractivity (Wildman–Crippen MR) is 117 cm³/mol. The molecule has 0 radical (unpaired) electrons. The number of hydrogen-bond donors (Lipinski definition) is 1. The standard InChI is InChI=1S/C26H20O4/c1-14-12-17-20(15-8-5-4-6-9-15)23-24(21(17)19(13-14)30-3)25(27)16-10-7-11-18(29-2)22(16)26(23)28/h4-13,27H,1-3H3. The van der Waals surface area contributed by atoms with E-state index >= 15 is 0 Å². The molecular formula is C26H20O4. The van der Waals surface area contributed by atoms with Gasteiger partial charge in [0.05, 0.1) is 19.8 Å². The van der Waals surface area contributed by atoms with Crippen molar-refractivity contribution in [3.63, 3.8) is 0 Å². The third-order valence-electron chi connectivity index (χ3n) is 5.74. The van der Waals surface area contributed by atoms with Gasteiger partial charge in [0.15, 0.2) is 5.78 Å². The molecule has 1 N–H and O–H groups in total. The number of ether oxygens (including phenoxy) is 2. The molecule has 3 aromatic rings. The van der Waals surface area contributed by atoms with Crippen LogP contribution in [0.2, 0.25) is 0 Å². The lowest BCUT2D eigenvalue weighted by Crippen LogP contribution is -2.15. The monoisotopic (exact) mass is 396 g/mol. The third kappa shape index (κ3) is 2.37. The van der Waals surface area contributed by atoms with Gasteiger partial charge in [-0.3, -0.25) is 4.79 Å². The summed E-state index contributed by atoms with van der Waals surface area (Å²) in [6.07, 6.45) is 0. The maximum atomic E-state index is 13.8. The molecule has 0 amide bonds. The van der Waals surface area contributed by atoms with Gasteiger partial charge >= 0.3 is 0 Å². The first-order valence-electron chi connectivity index (χ1n) is 9.71. The van der Waals surface area contributed by atoms with Crippen LogP contribution in [0, 0.1) is 6.92 Å². The van der Waals surface area contributed by atoms with Gasteiger partial charge in [-0.25, -0.2) is 0 Å². The van der Waals surface area contributed by atoms with Crippen molar-refractivity contribution in [1.29, 1.82) is 0 Å². The first kappa shape index (κ1) is 18.3. The highest BCUT2D eigenvalue weighted by Crippen LogP contribution is 2.54. The SMILES string of the molecule is COc1cccc2c1C(=O)C1=C(c3ccccc3)c3cc(C)cc(OC)c3C1=C2O. The molecule has 30 heavy (non-hydrogen) atoms. The quantitative estimate of drug-likeness (QED) is 0.640. The molecule has 0 bridgehead atoms. The molecule has 2 aliphatic carbocycles. The summed E-state index contributed by atoms with van der Waals surface area (Å²) >= 11 is 0. The number of rotatable bonds is 3. The Kier molecular flexibility index (Phi) is 4.03. The fourth-order valence-corrected chi connectivity index (χ4v) is 4.51. The van der Waals surface area contributed by atoms with Crippen LogP contribution in [0.4, 0.5) is 0 Å². The number of Topliss-reactive ketones (excluding diaryl/α,β-unsaturated/α-hetero) is 1. The van der Waals surface area contributed by atoms with Gasteiger partial charge in [-0.2, -0.15) is 0 Å². The summed E-state index contributed by atoms with van der Waals surface area (Å²) < 4.78 is 11.1. The minimum Gasteiger partial charge on any atom is -0.507 e. The number of fused-ring (bicyclic) bond motifs is 4. The Balaban J connectivity index is 1.96. The number of carbonyl (C=O) groups excluding carboxylic acids is 1. The van der Waals surface area contributed by atoms with E-state index in [1.165, 1.54) is 7.11 Å². The van der Waals surface area contributed by atoms with E-state index in [0.717, 1.165) is 27.8 Å². The molecule has 2 aliphatic rings. The highest BCUT2D eigenvalue weighted by Gasteiger charge is 2.42. The third-order valence-corrected chi connectivity index (χ3v) is 5.74. The molecule has 0 aromatic heterocycles. The van der Waals surface area contributed by atoms with Crippen molar-refractivity contribution in [2.45, 2.75) is 6.92 Å². The molecule has 3 aromatic carbocycles. The maximum Gasteiger partial charge on any atom is 0.198 e. The molecule has 148 valence electrons. The number of carbonyl (C=O) groups is 1. The van der Waals surface area contributed by atoms with Crippen LogP contribution in [0.1, 0.15) is 38.2 Å². The average molecular weight is 396 g/mol. The maximum absolute atomic E-state index is 13.8. The normalized spacial score (nSPS) is 14.4. The lowest BCUT2D eigenvalue weighted by molar-refractivity contribution is 0.103. The van der Waals surface area contributed by atoms with Crippen LogP contribution in [0.3, 0.4) is 0 Å². The van der Waals surface area contributed by atoms with Crippen LogP contribution < -0.4 is 9.47 Å². The second kappa shape index (κ2) is 6.63. The van der Waals surface area contributed by atoms with Crippen LogP contribution in [0.15, 0.2) is 66.2 Å². The van der Waals surface area contributed by atoms with E-state index in [1.807, 2.05) is 49.4 Å². The Bertz CT molecular complexity index is 1280. The lowest BCUT2D eigenvalue weighted by atomic mass is 9.83. The minimum absolute atomic E-state index is 0.0628. The first-order valence-corrected chi connectivity index (χ1v) is 9.71. The Labute approximate surface area is 174 Å². The Hall–Kier alpha value is -3.79. The van der Waals surface area contributed by atoms with Gasteiger partial charge in [-0.05, 0) is 35.7 Å². The van der Waals surface area contributed by atoms with Crippen LogP contribution in [-0.4, -0.2) is 25.1 Å². The summed E-state index contributed by atoms with van der Waals surface area (Å²) in [4.78, 5) is 13.8. The molecule has 0 saturated heterocycles. The molecule has 0 heterocycles. The van der Waals surface area contributed by atoms with E-state index in [0.29, 0.717) is 33.8 Å². The second-order valence-electron chi connectivity index (χ2n) is 7.44. The topological polar surface area (TPSA) is 55.8 Å². The lowest BCUT2D eigenvalue weighted by Gasteiger charge is -2.22. The molecule has 0 fully saturated rings. The number of ketones is 1. The van der Waals surface area contributed by atoms with E-state index in [9.17, 15) is 9.90 Å². The molecular weight excluding hydrogens is 376 g/mol. The number of allylic oxidation sites excluding steroid dienone is 2. The summed E-state index contributed by atoms with van der Waals surface area (Å²) in [5.41, 5.74) is 6.22. The molecule has 0 unspecified atom stereocenters. The Morgan fingerprint density at radius 2 is 1.47 bits per heavy atom. The zero-order chi connectivity index (χ0) is 21.0. The van der Waals surface area contributed by atoms with Gasteiger partial charge in [0, 0.05) is 27.8 Å². The van der Waals surface area contributed by atoms with Gasteiger partial charge in [0.1, 0.15) is 17.3 Å². The number of hydrogen-bond acceptors (Lipinski definition) is 4. The molecule has 0 atom stereocenters. The van der Waals surface area contributed by atoms with Crippen LogP contribution in [0.5, 0.6) is 11.5 Å². The molecule has 4 heteroatoms. The predicted octanol–water partition coefficient (Wildman–Crippen LogP) is 5.45. The van der Waals surface area contributed by atoms with Crippen molar-refractivity contribution >= 4 is 22.7 Å². The number of methoxy groups -OCH3 is 2. The molecule has 0 saturated carbocycles. The van der Waals surface area contributed by atoms with E-state index in [4.69, 9.17) is 9.47 Å². The fourth-order valence-electron chi connectivity index (χ4n) is 4.51. The number of benzene rings is 3. The van der Waals surface area contributed by atoms with Gasteiger partial charge in [0.2, 0.25) is 0 Å². The molecule has 5 rings (SSSR count). The summed E-state index contributed by atoms with van der Waals surface area (Å²) in [5, 5.41) is 11.4. The van der Waals surface area contributed by atoms with Crippen molar-refractivity contribution in [3.05, 3.63) is 99.6 Å². The van der Waals surface area contributed by atoms with Crippen molar-refractivity contribution in [3.8, 4) is 11.5 Å². The van der Waals surface area contributed by atoms with Crippen LogP contribution in [0.25, 0.3) is 16.9 Å². The second-order valence-corrected chi connectivity index (χ2v) is 7.44. The van der Waals surface area contributed by atoms with E-state index in [2.05, 4.69) is 0 Å². The Morgan fingerprint density at radius 3 is 2.17 bits per heavy atom. The van der Waals surface area contributed by atoms with Gasteiger partial charge in [-0.1, -0.05) is 48.5 Å². The Morgan fingerprint density at radius 1 is 0.733 bits per heavy atom. The van der Waals surface area contributed by atoms with E-state index < -0.39 is 0 Å². The number of aliphatic hydroxyl groups excluding tert-OH is 1. The van der Waals surface area contributed by atoms with Gasteiger partial charge in [-0.15, -0.1) is 0 Å². The zero-order valence-corrected chi connectivity index (χ0v) is 16.9. The summed E-state index contributed by atoms with van der Waals surface area (Å²) in [6.45, 7) is 1.99. The smallest absolute Gasteiger partial charge is 0.198 e. The van der Waals surface area contributed by atoms with E-state index in [1.54, 1.807) is 25.3 Å². The zero-order valence-electron chi connectivity index (χ0n) is 16.9. The highest BCUT2D eigenvalue weighted by molar-refractivity contribution is 6.35. The van der Waals surface area contributed by atoms with Crippen LogP contribution >= 0.6 is 0 Å². The summed E-state index contributed by atoms with van der Waals surface area (Å²) in [6, 6.07) is 19.0. The summed E-state index contributed by atoms with van der Waals surface area (Å²) in [5.74, 6) is 0.981. The average Bonchev–Trinajstić information content (AvgIpc) is 3.12. The van der Waals surface area contributed by atoms with Crippen molar-refractivity contribution in [2.75, 3.05) is 14.2 Å².